The third kappa shape index (κ3) is 3.71. The highest BCUT2D eigenvalue weighted by Gasteiger charge is 2.27. The minimum absolute atomic E-state index is 0.00774. The van der Waals surface area contributed by atoms with Gasteiger partial charge in [0, 0.05) is 34.7 Å². The summed E-state index contributed by atoms with van der Waals surface area (Å²) in [7, 11) is 0. The average Bonchev–Trinajstić information content (AvgIpc) is 3.40. The number of rotatable bonds is 5. The molecule has 1 aromatic heterocycles. The number of carbonyl (C=O) groups is 2. The predicted octanol–water partition coefficient (Wildman–Crippen LogP) is 4.60. The lowest BCUT2D eigenvalue weighted by molar-refractivity contribution is 0.0935. The van der Waals surface area contributed by atoms with Crippen LogP contribution in [0.3, 0.4) is 0 Å². The van der Waals surface area contributed by atoms with Gasteiger partial charge in [-0.3, -0.25) is 14.5 Å². The SMILES string of the molecule is O=C(NCC1CCN(Cc2cccs2)CC1)c1ccc2c(c1)C(=O)c1ccccc1-2. The number of hydrogen-bond acceptors (Lipinski definition) is 4. The minimum atomic E-state index is -0.0948. The second-order valence-electron chi connectivity index (χ2n) is 8.14. The van der Waals surface area contributed by atoms with Gasteiger partial charge < -0.3 is 5.32 Å². The first-order chi connectivity index (χ1) is 14.7. The summed E-state index contributed by atoms with van der Waals surface area (Å²) < 4.78 is 0. The van der Waals surface area contributed by atoms with Crippen molar-refractivity contribution in [2.24, 2.45) is 5.92 Å². The Balaban J connectivity index is 1.17. The summed E-state index contributed by atoms with van der Waals surface area (Å²) in [5.74, 6) is 0.421. The molecule has 1 fully saturated rings. The van der Waals surface area contributed by atoms with Crippen LogP contribution in [0, 0.1) is 5.92 Å². The second-order valence-corrected chi connectivity index (χ2v) is 9.18. The maximum absolute atomic E-state index is 12.7. The van der Waals surface area contributed by atoms with E-state index in [1.807, 2.05) is 47.7 Å². The Bertz CT molecular complexity index is 1080. The lowest BCUT2D eigenvalue weighted by Crippen LogP contribution is -2.38. The van der Waals surface area contributed by atoms with E-state index < -0.39 is 0 Å². The molecule has 3 aromatic rings. The van der Waals surface area contributed by atoms with Crippen molar-refractivity contribution in [3.8, 4) is 11.1 Å². The van der Waals surface area contributed by atoms with Crippen LogP contribution < -0.4 is 5.32 Å². The molecule has 1 saturated heterocycles. The number of carbonyl (C=O) groups excluding carboxylic acids is 2. The predicted molar refractivity (Wildman–Crippen MR) is 120 cm³/mol. The molecule has 2 heterocycles. The number of piperidine rings is 1. The van der Waals surface area contributed by atoms with E-state index >= 15 is 0 Å². The number of nitrogens with one attached hydrogen (secondary N) is 1. The van der Waals surface area contributed by atoms with Gasteiger partial charge in [0.15, 0.2) is 5.78 Å². The Labute approximate surface area is 180 Å². The topological polar surface area (TPSA) is 49.4 Å². The first-order valence-electron chi connectivity index (χ1n) is 10.5. The van der Waals surface area contributed by atoms with Gasteiger partial charge in [0.2, 0.25) is 0 Å². The molecule has 5 heteroatoms. The molecule has 4 nitrogen and oxygen atoms in total. The summed E-state index contributed by atoms with van der Waals surface area (Å²) in [4.78, 5) is 29.3. The van der Waals surface area contributed by atoms with E-state index in [0.29, 0.717) is 23.6 Å². The van der Waals surface area contributed by atoms with E-state index in [1.165, 1.54) is 4.88 Å². The fourth-order valence-corrected chi connectivity index (χ4v) is 5.23. The van der Waals surface area contributed by atoms with Crippen LogP contribution in [0.2, 0.25) is 0 Å². The summed E-state index contributed by atoms with van der Waals surface area (Å²) in [6.45, 7) is 3.87. The average molecular weight is 417 g/mol. The van der Waals surface area contributed by atoms with E-state index in [1.54, 1.807) is 6.07 Å². The van der Waals surface area contributed by atoms with Crippen molar-refractivity contribution in [2.75, 3.05) is 19.6 Å². The number of hydrogen-bond donors (Lipinski definition) is 1. The molecule has 0 bridgehead atoms. The summed E-state index contributed by atoms with van der Waals surface area (Å²) >= 11 is 1.81. The van der Waals surface area contributed by atoms with Crippen LogP contribution >= 0.6 is 11.3 Å². The number of likely N-dealkylation sites (tertiary alicyclic amines) is 1. The fraction of sp³-hybridized carbons (Fsp3) is 0.280. The van der Waals surface area contributed by atoms with Crippen molar-refractivity contribution < 1.29 is 9.59 Å². The first-order valence-corrected chi connectivity index (χ1v) is 11.4. The van der Waals surface area contributed by atoms with Crippen molar-refractivity contribution in [1.29, 1.82) is 0 Å². The Hall–Kier alpha value is -2.76. The molecular weight excluding hydrogens is 392 g/mol. The van der Waals surface area contributed by atoms with Crippen LogP contribution in [0.15, 0.2) is 60.0 Å². The molecule has 2 aromatic carbocycles. The van der Waals surface area contributed by atoms with Crippen LogP contribution in [0.5, 0.6) is 0 Å². The summed E-state index contributed by atoms with van der Waals surface area (Å²) in [6, 6.07) is 17.4. The number of amides is 1. The lowest BCUT2D eigenvalue weighted by atomic mass is 9.96. The van der Waals surface area contributed by atoms with Gasteiger partial charge in [-0.05, 0) is 66.6 Å². The largest absolute Gasteiger partial charge is 0.352 e. The maximum atomic E-state index is 12.7. The molecule has 0 radical (unpaired) electrons. The quantitative estimate of drug-likeness (QED) is 0.517. The molecule has 1 amide bonds. The van der Waals surface area contributed by atoms with Gasteiger partial charge in [-0.1, -0.05) is 36.4 Å². The third-order valence-electron chi connectivity index (χ3n) is 6.21. The van der Waals surface area contributed by atoms with Crippen LogP contribution in [0.25, 0.3) is 11.1 Å². The minimum Gasteiger partial charge on any atom is -0.352 e. The van der Waals surface area contributed by atoms with Gasteiger partial charge in [-0.2, -0.15) is 0 Å². The third-order valence-corrected chi connectivity index (χ3v) is 7.07. The van der Waals surface area contributed by atoms with Crippen molar-refractivity contribution in [1.82, 2.24) is 10.2 Å². The first kappa shape index (κ1) is 19.2. The lowest BCUT2D eigenvalue weighted by Gasteiger charge is -2.31. The maximum Gasteiger partial charge on any atom is 0.251 e. The molecule has 1 aliphatic carbocycles. The Kier molecular flexibility index (Phi) is 5.23. The van der Waals surface area contributed by atoms with Crippen molar-refractivity contribution >= 4 is 23.0 Å². The van der Waals surface area contributed by atoms with Crippen LogP contribution in [0.4, 0.5) is 0 Å². The van der Waals surface area contributed by atoms with Crippen LogP contribution in [-0.4, -0.2) is 36.2 Å². The highest BCUT2D eigenvalue weighted by molar-refractivity contribution is 7.09. The van der Waals surface area contributed by atoms with Gasteiger partial charge in [0.25, 0.3) is 5.91 Å². The zero-order valence-corrected chi connectivity index (χ0v) is 17.6. The molecular formula is C25H24N2O2S. The number of nitrogens with zero attached hydrogens (tertiary/aromatic N) is 1. The normalized spacial score (nSPS) is 16.3. The summed E-state index contributed by atoms with van der Waals surface area (Å²) in [5.41, 5.74) is 3.79. The molecule has 0 saturated carbocycles. The number of ketones is 1. The van der Waals surface area contributed by atoms with Gasteiger partial charge in [0.1, 0.15) is 0 Å². The zero-order chi connectivity index (χ0) is 20.5. The Morgan fingerprint density at radius 2 is 1.73 bits per heavy atom. The Morgan fingerprint density at radius 1 is 0.967 bits per heavy atom. The molecule has 30 heavy (non-hydrogen) atoms. The van der Waals surface area contributed by atoms with Crippen molar-refractivity contribution in [3.63, 3.8) is 0 Å². The van der Waals surface area contributed by atoms with Gasteiger partial charge in [-0.15, -0.1) is 11.3 Å². The molecule has 0 spiro atoms. The van der Waals surface area contributed by atoms with E-state index in [9.17, 15) is 9.59 Å². The van der Waals surface area contributed by atoms with E-state index in [0.717, 1.165) is 49.2 Å². The summed E-state index contributed by atoms with van der Waals surface area (Å²) in [5, 5.41) is 5.22. The number of thiophene rings is 1. The molecule has 2 aliphatic rings. The molecule has 5 rings (SSSR count). The molecule has 0 unspecified atom stereocenters. The molecule has 1 aliphatic heterocycles. The number of benzene rings is 2. The zero-order valence-electron chi connectivity index (χ0n) is 16.8. The van der Waals surface area contributed by atoms with Crippen LogP contribution in [-0.2, 0) is 6.54 Å². The second kappa shape index (κ2) is 8.17. The number of fused-ring (bicyclic) bond motifs is 3. The van der Waals surface area contributed by atoms with Gasteiger partial charge >= 0.3 is 0 Å². The Morgan fingerprint density at radius 3 is 2.50 bits per heavy atom. The van der Waals surface area contributed by atoms with Gasteiger partial charge in [-0.25, -0.2) is 0 Å². The van der Waals surface area contributed by atoms with Crippen molar-refractivity contribution in [2.45, 2.75) is 19.4 Å². The standard InChI is InChI=1S/C25H24N2O2S/c28-24-22-6-2-1-5-20(22)21-8-7-18(14-23(21)24)25(29)26-15-17-9-11-27(12-10-17)16-19-4-3-13-30-19/h1-8,13-14,17H,9-12,15-16H2,(H,26,29). The molecule has 0 atom stereocenters. The van der Waals surface area contributed by atoms with E-state index in [2.05, 4.69) is 27.7 Å². The smallest absolute Gasteiger partial charge is 0.251 e. The fourth-order valence-electron chi connectivity index (χ4n) is 4.48. The molecule has 152 valence electrons. The van der Waals surface area contributed by atoms with E-state index in [4.69, 9.17) is 0 Å². The highest BCUT2D eigenvalue weighted by Crippen LogP contribution is 2.36. The highest BCUT2D eigenvalue weighted by atomic mass is 32.1. The monoisotopic (exact) mass is 416 g/mol. The van der Waals surface area contributed by atoms with Crippen molar-refractivity contribution in [3.05, 3.63) is 81.5 Å². The molecule has 1 N–H and O–H groups in total. The van der Waals surface area contributed by atoms with E-state index in [-0.39, 0.29) is 11.7 Å². The van der Waals surface area contributed by atoms with Crippen LogP contribution in [0.1, 0.15) is 44.0 Å². The van der Waals surface area contributed by atoms with Gasteiger partial charge in [0.05, 0.1) is 0 Å². The summed E-state index contributed by atoms with van der Waals surface area (Å²) in [6.07, 6.45) is 2.20.